The predicted octanol–water partition coefficient (Wildman–Crippen LogP) is 0.309. The van der Waals surface area contributed by atoms with Gasteiger partial charge in [-0.1, -0.05) is 0 Å². The third-order valence-corrected chi connectivity index (χ3v) is 1.50. The third-order valence-electron chi connectivity index (χ3n) is 1.50. The molecule has 0 radical (unpaired) electrons. The number of rotatable bonds is 5. The maximum atomic E-state index is 8.98. The normalized spacial score (nSPS) is 13.3. The molecule has 4 nitrogen and oxygen atoms in total. The standard InChI is InChI=1S/C9H20O2.2H2O.Ti/c1-7(2)11-9(4)6-5-8(3)10;;;/h7-10H,5-6H2,1-4H3;2*1H2;. The van der Waals surface area contributed by atoms with Crippen LogP contribution in [0.3, 0.4) is 0 Å². The van der Waals surface area contributed by atoms with Gasteiger partial charge in [-0.15, -0.1) is 0 Å². The van der Waals surface area contributed by atoms with Gasteiger partial charge in [0.1, 0.15) is 0 Å². The van der Waals surface area contributed by atoms with Crippen LogP contribution in [-0.4, -0.2) is 34.4 Å². The Morgan fingerprint density at radius 2 is 1.43 bits per heavy atom. The van der Waals surface area contributed by atoms with Crippen molar-refractivity contribution in [2.45, 2.75) is 58.8 Å². The molecule has 0 rings (SSSR count). The second kappa shape index (κ2) is 13.6. The molecule has 0 aliphatic carbocycles. The second-order valence-electron chi connectivity index (χ2n) is 3.42. The van der Waals surface area contributed by atoms with E-state index in [0.29, 0.717) is 6.10 Å². The molecule has 0 spiro atoms. The number of ether oxygens (including phenoxy) is 1. The maximum absolute atomic E-state index is 8.98. The van der Waals surface area contributed by atoms with E-state index in [0.717, 1.165) is 12.8 Å². The number of hydrogen-bond donors (Lipinski definition) is 1. The molecule has 5 N–H and O–H groups in total. The summed E-state index contributed by atoms with van der Waals surface area (Å²) in [5.41, 5.74) is 0. The third kappa shape index (κ3) is 18.4. The predicted molar refractivity (Wildman–Crippen MR) is 53.8 cm³/mol. The van der Waals surface area contributed by atoms with Crippen molar-refractivity contribution >= 4 is 0 Å². The molecular formula is C9H24O4Ti. The summed E-state index contributed by atoms with van der Waals surface area (Å²) in [5, 5.41) is 8.98. The first-order valence-electron chi connectivity index (χ1n) is 4.36. The molecule has 0 aliphatic rings. The van der Waals surface area contributed by atoms with Crippen LogP contribution in [-0.2, 0) is 26.5 Å². The maximum Gasteiger partial charge on any atom is 0.0551 e. The minimum Gasteiger partial charge on any atom is -0.412 e. The van der Waals surface area contributed by atoms with Gasteiger partial charge in [0.15, 0.2) is 0 Å². The monoisotopic (exact) mass is 244 g/mol. The Morgan fingerprint density at radius 1 is 1.00 bits per heavy atom. The first kappa shape index (κ1) is 24.0. The minimum absolute atomic E-state index is 0. The van der Waals surface area contributed by atoms with Gasteiger partial charge < -0.3 is 20.8 Å². The van der Waals surface area contributed by atoms with E-state index in [1.54, 1.807) is 0 Å². The summed E-state index contributed by atoms with van der Waals surface area (Å²) in [5.74, 6) is 0. The smallest absolute Gasteiger partial charge is 0.0551 e. The summed E-state index contributed by atoms with van der Waals surface area (Å²) >= 11 is 0. The average Bonchev–Trinajstić information content (AvgIpc) is 1.82. The van der Waals surface area contributed by atoms with Crippen LogP contribution in [0, 0.1) is 0 Å². The molecular weight excluding hydrogens is 220 g/mol. The van der Waals surface area contributed by atoms with E-state index in [1.807, 2.05) is 27.7 Å². The van der Waals surface area contributed by atoms with Gasteiger partial charge in [0, 0.05) is 21.7 Å². The topological polar surface area (TPSA) is 92.5 Å². The molecule has 14 heavy (non-hydrogen) atoms. The molecule has 0 saturated heterocycles. The Balaban J connectivity index is -0.000000167. The molecule has 88 valence electrons. The van der Waals surface area contributed by atoms with Gasteiger partial charge in [-0.05, 0) is 40.5 Å². The van der Waals surface area contributed by atoms with Crippen molar-refractivity contribution < 1.29 is 42.5 Å². The quantitative estimate of drug-likeness (QED) is 0.705. The zero-order valence-electron chi connectivity index (χ0n) is 9.50. The summed E-state index contributed by atoms with van der Waals surface area (Å²) < 4.78 is 5.49. The number of aliphatic hydroxyl groups excluding tert-OH is 1. The Bertz CT molecular complexity index is 98.8. The van der Waals surface area contributed by atoms with Crippen molar-refractivity contribution in [1.29, 1.82) is 0 Å². The van der Waals surface area contributed by atoms with Crippen LogP contribution >= 0.6 is 0 Å². The van der Waals surface area contributed by atoms with E-state index in [9.17, 15) is 0 Å². The van der Waals surface area contributed by atoms with E-state index in [-0.39, 0.29) is 44.9 Å². The molecule has 0 bridgehead atoms. The Morgan fingerprint density at radius 3 is 1.71 bits per heavy atom. The van der Waals surface area contributed by atoms with Crippen LogP contribution in [0.5, 0.6) is 0 Å². The SMILES string of the molecule is CC(O)CCC(C)OC(C)C.O.O.[Ti]. The van der Waals surface area contributed by atoms with Gasteiger partial charge in [0.25, 0.3) is 0 Å². The Hall–Kier alpha value is 0.554. The molecule has 0 aromatic carbocycles. The van der Waals surface area contributed by atoms with Crippen molar-refractivity contribution in [1.82, 2.24) is 0 Å². The van der Waals surface area contributed by atoms with Crippen LogP contribution in [0.4, 0.5) is 0 Å². The van der Waals surface area contributed by atoms with E-state index in [2.05, 4.69) is 0 Å². The zero-order valence-corrected chi connectivity index (χ0v) is 11.1. The summed E-state index contributed by atoms with van der Waals surface area (Å²) in [7, 11) is 0. The summed E-state index contributed by atoms with van der Waals surface area (Å²) in [6.07, 6.45) is 2.13. The fourth-order valence-electron chi connectivity index (χ4n) is 1.01. The van der Waals surface area contributed by atoms with Crippen LogP contribution < -0.4 is 0 Å². The average molecular weight is 244 g/mol. The van der Waals surface area contributed by atoms with Crippen molar-refractivity contribution in [3.63, 3.8) is 0 Å². The first-order valence-corrected chi connectivity index (χ1v) is 4.36. The van der Waals surface area contributed by atoms with Crippen LogP contribution in [0.2, 0.25) is 0 Å². The summed E-state index contributed by atoms with van der Waals surface area (Å²) in [6.45, 7) is 7.90. The van der Waals surface area contributed by atoms with Gasteiger partial charge in [0.2, 0.25) is 0 Å². The minimum atomic E-state index is -0.201. The van der Waals surface area contributed by atoms with E-state index >= 15 is 0 Å². The van der Waals surface area contributed by atoms with Gasteiger partial charge in [-0.2, -0.15) is 0 Å². The van der Waals surface area contributed by atoms with E-state index in [1.165, 1.54) is 0 Å². The molecule has 5 heteroatoms. The number of hydrogen-bond acceptors (Lipinski definition) is 2. The van der Waals surface area contributed by atoms with Crippen LogP contribution in [0.15, 0.2) is 0 Å². The molecule has 0 fully saturated rings. The first-order chi connectivity index (χ1) is 5.02. The van der Waals surface area contributed by atoms with Crippen molar-refractivity contribution in [2.75, 3.05) is 0 Å². The fraction of sp³-hybridized carbons (Fsp3) is 1.00. The van der Waals surface area contributed by atoms with Gasteiger partial charge in [0.05, 0.1) is 18.3 Å². The Labute approximate surface area is 102 Å². The largest absolute Gasteiger partial charge is 0.412 e. The van der Waals surface area contributed by atoms with E-state index < -0.39 is 0 Å². The zero-order chi connectivity index (χ0) is 8.85. The molecule has 0 aromatic heterocycles. The molecule has 2 unspecified atom stereocenters. The fourth-order valence-corrected chi connectivity index (χ4v) is 1.01. The van der Waals surface area contributed by atoms with Gasteiger partial charge in [-0.3, -0.25) is 0 Å². The molecule has 0 aromatic rings. The summed E-state index contributed by atoms with van der Waals surface area (Å²) in [6, 6.07) is 0. The van der Waals surface area contributed by atoms with Crippen LogP contribution in [0.1, 0.15) is 40.5 Å². The molecule has 2 atom stereocenters. The van der Waals surface area contributed by atoms with Gasteiger partial charge >= 0.3 is 0 Å². The molecule has 0 heterocycles. The second-order valence-corrected chi connectivity index (χ2v) is 3.42. The number of aliphatic hydroxyl groups is 1. The molecule has 0 saturated carbocycles. The summed E-state index contributed by atoms with van der Waals surface area (Å²) in [4.78, 5) is 0. The van der Waals surface area contributed by atoms with Crippen LogP contribution in [0.25, 0.3) is 0 Å². The van der Waals surface area contributed by atoms with Gasteiger partial charge in [-0.25, -0.2) is 0 Å². The van der Waals surface area contributed by atoms with Crippen molar-refractivity contribution in [2.24, 2.45) is 0 Å². The molecule has 0 amide bonds. The van der Waals surface area contributed by atoms with E-state index in [4.69, 9.17) is 9.84 Å². The molecule has 0 aliphatic heterocycles. The van der Waals surface area contributed by atoms with Crippen molar-refractivity contribution in [3.05, 3.63) is 0 Å². The Kier molecular flexibility index (Phi) is 23.2. The van der Waals surface area contributed by atoms with Crippen molar-refractivity contribution in [3.8, 4) is 0 Å².